The topological polar surface area (TPSA) is 20.2 Å². The lowest BCUT2D eigenvalue weighted by Gasteiger charge is -2.17. The van der Waals surface area contributed by atoms with Crippen LogP contribution in [0.4, 0.5) is 0 Å². The second-order valence-corrected chi connectivity index (χ2v) is 4.71. The summed E-state index contributed by atoms with van der Waals surface area (Å²) in [6.45, 7) is 4.21. The zero-order valence-electron chi connectivity index (χ0n) is 9.00. The van der Waals surface area contributed by atoms with Gasteiger partial charge in [-0.25, -0.2) is 0 Å². The molecule has 1 aromatic rings. The molecular formula is C12H16Cl2O. The fourth-order valence-electron chi connectivity index (χ4n) is 1.49. The van der Waals surface area contributed by atoms with Gasteiger partial charge in [-0.15, -0.1) is 0 Å². The van der Waals surface area contributed by atoms with Crippen LogP contribution in [-0.4, -0.2) is 5.11 Å². The van der Waals surface area contributed by atoms with Crippen molar-refractivity contribution in [1.29, 1.82) is 0 Å². The van der Waals surface area contributed by atoms with Gasteiger partial charge >= 0.3 is 0 Å². The van der Waals surface area contributed by atoms with Crippen molar-refractivity contribution in [3.05, 3.63) is 33.8 Å². The Morgan fingerprint density at radius 3 is 2.27 bits per heavy atom. The number of benzene rings is 1. The standard InChI is InChI=1S/C12H16Cl2O/c1-3-8(2)7-11(15)12-9(13)5-4-6-10(12)14/h4-6,8,11,15H,3,7H2,1-2H3. The van der Waals surface area contributed by atoms with E-state index in [9.17, 15) is 5.11 Å². The van der Waals surface area contributed by atoms with E-state index in [0.29, 0.717) is 27.9 Å². The van der Waals surface area contributed by atoms with Crippen molar-refractivity contribution >= 4 is 23.2 Å². The molecule has 2 atom stereocenters. The first-order chi connectivity index (χ1) is 7.06. The van der Waals surface area contributed by atoms with E-state index in [0.717, 1.165) is 6.42 Å². The minimum atomic E-state index is -0.568. The SMILES string of the molecule is CCC(C)CC(O)c1c(Cl)cccc1Cl. The van der Waals surface area contributed by atoms with Crippen LogP contribution in [-0.2, 0) is 0 Å². The van der Waals surface area contributed by atoms with Crippen molar-refractivity contribution in [3.8, 4) is 0 Å². The highest BCUT2D eigenvalue weighted by atomic mass is 35.5. The summed E-state index contributed by atoms with van der Waals surface area (Å²) in [7, 11) is 0. The molecule has 1 N–H and O–H groups in total. The van der Waals surface area contributed by atoms with Crippen LogP contribution in [0.1, 0.15) is 38.4 Å². The minimum absolute atomic E-state index is 0.465. The molecule has 84 valence electrons. The van der Waals surface area contributed by atoms with Gasteiger partial charge in [0.2, 0.25) is 0 Å². The Balaban J connectivity index is 2.86. The van der Waals surface area contributed by atoms with Gasteiger partial charge in [-0.3, -0.25) is 0 Å². The van der Waals surface area contributed by atoms with Crippen molar-refractivity contribution in [2.24, 2.45) is 5.92 Å². The molecule has 0 saturated heterocycles. The summed E-state index contributed by atoms with van der Waals surface area (Å²) < 4.78 is 0. The van der Waals surface area contributed by atoms with Gasteiger partial charge in [0.15, 0.2) is 0 Å². The quantitative estimate of drug-likeness (QED) is 0.832. The van der Waals surface area contributed by atoms with Crippen molar-refractivity contribution in [2.75, 3.05) is 0 Å². The van der Waals surface area contributed by atoms with Crippen LogP contribution < -0.4 is 0 Å². The first-order valence-electron chi connectivity index (χ1n) is 5.18. The predicted molar refractivity (Wildman–Crippen MR) is 65.5 cm³/mol. The smallest absolute Gasteiger partial charge is 0.0821 e. The zero-order chi connectivity index (χ0) is 11.4. The third-order valence-corrected chi connectivity index (χ3v) is 3.31. The molecule has 3 heteroatoms. The van der Waals surface area contributed by atoms with Crippen molar-refractivity contribution in [1.82, 2.24) is 0 Å². The Morgan fingerprint density at radius 2 is 1.80 bits per heavy atom. The maximum atomic E-state index is 10.0. The van der Waals surface area contributed by atoms with Crippen LogP contribution in [0.3, 0.4) is 0 Å². The number of hydrogen-bond donors (Lipinski definition) is 1. The van der Waals surface area contributed by atoms with Gasteiger partial charge in [0.25, 0.3) is 0 Å². The van der Waals surface area contributed by atoms with E-state index in [4.69, 9.17) is 23.2 Å². The number of aliphatic hydroxyl groups excluding tert-OH is 1. The van der Waals surface area contributed by atoms with Crippen molar-refractivity contribution in [3.63, 3.8) is 0 Å². The summed E-state index contributed by atoms with van der Waals surface area (Å²) in [4.78, 5) is 0. The molecule has 0 bridgehead atoms. The Kier molecular flexibility index (Phi) is 4.91. The molecule has 15 heavy (non-hydrogen) atoms. The Hall–Kier alpha value is -0.240. The summed E-state index contributed by atoms with van der Waals surface area (Å²) in [5.41, 5.74) is 0.654. The average molecular weight is 247 g/mol. The first kappa shape index (κ1) is 12.8. The number of aliphatic hydroxyl groups is 1. The van der Waals surface area contributed by atoms with Crippen LogP contribution in [0, 0.1) is 5.92 Å². The molecule has 0 radical (unpaired) electrons. The van der Waals surface area contributed by atoms with Gasteiger partial charge in [-0.05, 0) is 24.5 Å². The van der Waals surface area contributed by atoms with Crippen LogP contribution in [0.2, 0.25) is 10.0 Å². The number of halogens is 2. The molecule has 0 saturated carbocycles. The third kappa shape index (κ3) is 3.37. The Labute approximate surface area is 101 Å². The summed E-state index contributed by atoms with van der Waals surface area (Å²) in [6, 6.07) is 5.29. The van der Waals surface area contributed by atoms with Crippen LogP contribution >= 0.6 is 23.2 Å². The molecule has 0 aromatic heterocycles. The normalized spacial score (nSPS) is 15.0. The fourth-order valence-corrected chi connectivity index (χ4v) is 2.14. The van der Waals surface area contributed by atoms with Crippen LogP contribution in [0.25, 0.3) is 0 Å². The highest BCUT2D eigenvalue weighted by Crippen LogP contribution is 2.33. The van der Waals surface area contributed by atoms with E-state index >= 15 is 0 Å². The summed E-state index contributed by atoms with van der Waals surface area (Å²) in [6.07, 6.45) is 1.17. The molecule has 0 aliphatic heterocycles. The van der Waals surface area contributed by atoms with E-state index < -0.39 is 6.10 Å². The predicted octanol–water partition coefficient (Wildman–Crippen LogP) is 4.46. The highest BCUT2D eigenvalue weighted by molar-refractivity contribution is 6.36. The lowest BCUT2D eigenvalue weighted by atomic mass is 9.96. The molecule has 0 spiro atoms. The second kappa shape index (κ2) is 5.74. The van der Waals surface area contributed by atoms with Crippen molar-refractivity contribution in [2.45, 2.75) is 32.8 Å². The molecule has 0 aliphatic carbocycles. The number of rotatable bonds is 4. The van der Waals surface area contributed by atoms with Crippen molar-refractivity contribution < 1.29 is 5.11 Å². The molecule has 0 aliphatic rings. The molecule has 1 nitrogen and oxygen atoms in total. The molecular weight excluding hydrogens is 231 g/mol. The van der Waals surface area contributed by atoms with E-state index in [1.807, 2.05) is 0 Å². The molecule has 1 rings (SSSR count). The Bertz CT molecular complexity index is 305. The van der Waals surface area contributed by atoms with Gasteiger partial charge in [0.05, 0.1) is 6.10 Å². The van der Waals surface area contributed by atoms with Crippen LogP contribution in [0.5, 0.6) is 0 Å². The largest absolute Gasteiger partial charge is 0.388 e. The lowest BCUT2D eigenvalue weighted by Crippen LogP contribution is -2.05. The van der Waals surface area contributed by atoms with Gasteiger partial charge < -0.3 is 5.11 Å². The van der Waals surface area contributed by atoms with E-state index in [-0.39, 0.29) is 0 Å². The highest BCUT2D eigenvalue weighted by Gasteiger charge is 2.17. The number of hydrogen-bond acceptors (Lipinski definition) is 1. The maximum absolute atomic E-state index is 10.0. The van der Waals surface area contributed by atoms with Crippen LogP contribution in [0.15, 0.2) is 18.2 Å². The van der Waals surface area contributed by atoms with Gasteiger partial charge in [-0.2, -0.15) is 0 Å². The first-order valence-corrected chi connectivity index (χ1v) is 5.93. The average Bonchev–Trinajstić information content (AvgIpc) is 2.17. The summed E-state index contributed by atoms with van der Waals surface area (Å²) >= 11 is 12.0. The Morgan fingerprint density at radius 1 is 1.27 bits per heavy atom. The lowest BCUT2D eigenvalue weighted by molar-refractivity contribution is 0.146. The second-order valence-electron chi connectivity index (χ2n) is 3.90. The molecule has 0 fully saturated rings. The van der Waals surface area contributed by atoms with E-state index in [1.54, 1.807) is 18.2 Å². The molecule has 2 unspecified atom stereocenters. The minimum Gasteiger partial charge on any atom is -0.388 e. The summed E-state index contributed by atoms with van der Waals surface area (Å²) in [5, 5.41) is 11.1. The van der Waals surface area contributed by atoms with Gasteiger partial charge in [0, 0.05) is 15.6 Å². The fraction of sp³-hybridized carbons (Fsp3) is 0.500. The van der Waals surface area contributed by atoms with E-state index in [2.05, 4.69) is 13.8 Å². The zero-order valence-corrected chi connectivity index (χ0v) is 10.5. The molecule has 1 aromatic carbocycles. The molecule has 0 heterocycles. The monoisotopic (exact) mass is 246 g/mol. The molecule has 0 amide bonds. The van der Waals surface area contributed by atoms with Gasteiger partial charge in [0.1, 0.15) is 0 Å². The maximum Gasteiger partial charge on any atom is 0.0821 e. The third-order valence-electron chi connectivity index (χ3n) is 2.66. The van der Waals surface area contributed by atoms with E-state index in [1.165, 1.54) is 0 Å². The van der Waals surface area contributed by atoms with Gasteiger partial charge in [-0.1, -0.05) is 49.5 Å². The summed E-state index contributed by atoms with van der Waals surface area (Å²) in [5.74, 6) is 0.465.